The van der Waals surface area contributed by atoms with Gasteiger partial charge in [-0.25, -0.2) is 0 Å². The van der Waals surface area contributed by atoms with Gasteiger partial charge in [-0.1, -0.05) is 6.42 Å². The molecule has 9 nitrogen and oxygen atoms in total. The Morgan fingerprint density at radius 3 is 2.69 bits per heavy atom. The molecule has 0 unspecified atom stereocenters. The number of carbonyl (C=O) groups is 3. The van der Waals surface area contributed by atoms with Gasteiger partial charge in [0.15, 0.2) is 0 Å². The SMILES string of the molecule is CN(C)CCCNC(=O)C[C@H]1CC[C@@H]2[C@H](COc3ccc(NC(=O)C4CCC4)cc3C(=O)N2C)O1. The standard InChI is InChI=1S/C26H38N4O5/c1-29(2)13-5-12-27-24(31)15-19-9-10-21-23(35-19)16-34-22-11-8-18(14-20(22)26(33)30(21)3)28-25(32)17-6-4-7-17/h8,11,14,17,19,21,23H,4-7,9-10,12-13,15-16H2,1-3H3,(H,27,31)(H,28,32)/t19-,21-,23+/m1/s1. The van der Waals surface area contributed by atoms with E-state index < -0.39 is 0 Å². The predicted molar refractivity (Wildman–Crippen MR) is 132 cm³/mol. The lowest BCUT2D eigenvalue weighted by Gasteiger charge is -2.42. The molecule has 4 rings (SSSR count). The molecule has 1 aromatic rings. The number of hydrogen-bond donors (Lipinski definition) is 2. The summed E-state index contributed by atoms with van der Waals surface area (Å²) in [4.78, 5) is 41.9. The maximum atomic E-state index is 13.3. The highest BCUT2D eigenvalue weighted by molar-refractivity contribution is 6.00. The van der Waals surface area contributed by atoms with E-state index in [1.165, 1.54) is 0 Å². The molecule has 3 atom stereocenters. The van der Waals surface area contributed by atoms with Crippen LogP contribution in [0, 0.1) is 5.92 Å². The van der Waals surface area contributed by atoms with Gasteiger partial charge in [0.2, 0.25) is 11.8 Å². The van der Waals surface area contributed by atoms with Crippen LogP contribution in [0.3, 0.4) is 0 Å². The van der Waals surface area contributed by atoms with Crippen molar-refractivity contribution in [2.24, 2.45) is 5.92 Å². The third-order valence-corrected chi connectivity index (χ3v) is 7.27. The minimum absolute atomic E-state index is 0.00905. The summed E-state index contributed by atoms with van der Waals surface area (Å²) in [5.41, 5.74) is 1.05. The van der Waals surface area contributed by atoms with Crippen molar-refractivity contribution < 1.29 is 23.9 Å². The first-order valence-electron chi connectivity index (χ1n) is 12.7. The summed E-state index contributed by atoms with van der Waals surface area (Å²) in [7, 11) is 5.81. The number of carbonyl (C=O) groups excluding carboxylic acids is 3. The van der Waals surface area contributed by atoms with E-state index in [1.54, 1.807) is 30.1 Å². The van der Waals surface area contributed by atoms with E-state index in [1.807, 2.05) is 14.1 Å². The van der Waals surface area contributed by atoms with Crippen LogP contribution >= 0.6 is 0 Å². The molecule has 2 heterocycles. The Kier molecular flexibility index (Phi) is 8.28. The molecule has 1 aliphatic carbocycles. The number of fused-ring (bicyclic) bond motifs is 2. The van der Waals surface area contributed by atoms with Crippen molar-refractivity contribution in [1.82, 2.24) is 15.1 Å². The second kappa shape index (κ2) is 11.4. The fourth-order valence-electron chi connectivity index (χ4n) is 4.92. The Morgan fingerprint density at radius 2 is 1.97 bits per heavy atom. The van der Waals surface area contributed by atoms with Crippen molar-refractivity contribution in [3.8, 4) is 5.75 Å². The lowest BCUT2D eigenvalue weighted by Crippen LogP contribution is -2.54. The highest BCUT2D eigenvalue weighted by atomic mass is 16.5. The van der Waals surface area contributed by atoms with E-state index in [0.29, 0.717) is 43.0 Å². The number of nitrogens with zero attached hydrogens (tertiary/aromatic N) is 2. The molecular formula is C26H38N4O5. The maximum Gasteiger partial charge on any atom is 0.257 e. The fourth-order valence-corrected chi connectivity index (χ4v) is 4.92. The number of rotatable bonds is 8. The summed E-state index contributed by atoms with van der Waals surface area (Å²) in [6.07, 6.45) is 5.08. The summed E-state index contributed by atoms with van der Waals surface area (Å²) in [6.45, 7) is 1.87. The van der Waals surface area contributed by atoms with Gasteiger partial charge in [0.05, 0.1) is 24.1 Å². The zero-order valence-corrected chi connectivity index (χ0v) is 21.0. The van der Waals surface area contributed by atoms with Gasteiger partial charge in [-0.3, -0.25) is 14.4 Å². The quantitative estimate of drug-likeness (QED) is 0.547. The molecule has 3 amide bonds. The molecule has 1 aromatic carbocycles. The van der Waals surface area contributed by atoms with E-state index in [2.05, 4.69) is 15.5 Å². The number of amides is 3. The first kappa shape index (κ1) is 25.4. The number of benzene rings is 1. The molecule has 9 heteroatoms. The molecule has 1 saturated carbocycles. The second-order valence-electron chi connectivity index (χ2n) is 10.2. The van der Waals surface area contributed by atoms with Crippen LogP contribution in [0.5, 0.6) is 5.75 Å². The summed E-state index contributed by atoms with van der Waals surface area (Å²) in [5, 5.41) is 5.91. The number of likely N-dealkylation sites (N-methyl/N-ethyl adjacent to an activating group) is 1. The molecular weight excluding hydrogens is 448 g/mol. The van der Waals surface area contributed by atoms with Crippen molar-refractivity contribution in [3.63, 3.8) is 0 Å². The van der Waals surface area contributed by atoms with Gasteiger partial charge < -0.3 is 29.9 Å². The lowest BCUT2D eigenvalue weighted by molar-refractivity contribution is -0.134. The van der Waals surface area contributed by atoms with Crippen molar-refractivity contribution in [3.05, 3.63) is 23.8 Å². The highest BCUT2D eigenvalue weighted by Crippen LogP contribution is 2.33. The molecule has 3 aliphatic rings. The Labute approximate surface area is 207 Å². The summed E-state index contributed by atoms with van der Waals surface area (Å²) >= 11 is 0. The van der Waals surface area contributed by atoms with Gasteiger partial charge >= 0.3 is 0 Å². The molecule has 35 heavy (non-hydrogen) atoms. The second-order valence-corrected chi connectivity index (χ2v) is 10.2. The topological polar surface area (TPSA) is 100 Å². The third kappa shape index (κ3) is 6.32. The van der Waals surface area contributed by atoms with Gasteiger partial charge in [-0.05, 0) is 70.9 Å². The van der Waals surface area contributed by atoms with Crippen molar-refractivity contribution >= 4 is 23.4 Å². The van der Waals surface area contributed by atoms with E-state index in [-0.39, 0.29) is 41.9 Å². The minimum atomic E-state index is -0.310. The van der Waals surface area contributed by atoms with Gasteiger partial charge in [-0.15, -0.1) is 0 Å². The molecule has 2 N–H and O–H groups in total. The Hall–Kier alpha value is -2.65. The van der Waals surface area contributed by atoms with E-state index >= 15 is 0 Å². The molecule has 2 fully saturated rings. The molecule has 0 aromatic heterocycles. The van der Waals surface area contributed by atoms with Crippen LogP contribution in [0.15, 0.2) is 18.2 Å². The summed E-state index contributed by atoms with van der Waals surface area (Å²) < 4.78 is 12.3. The predicted octanol–water partition coefficient (Wildman–Crippen LogP) is 2.26. The van der Waals surface area contributed by atoms with Crippen LogP contribution in [-0.2, 0) is 14.3 Å². The summed E-state index contributed by atoms with van der Waals surface area (Å²) in [6, 6.07) is 5.08. The Morgan fingerprint density at radius 1 is 1.17 bits per heavy atom. The zero-order valence-electron chi connectivity index (χ0n) is 21.0. The van der Waals surface area contributed by atoms with Gasteiger partial charge in [0.1, 0.15) is 18.5 Å². The van der Waals surface area contributed by atoms with Gasteiger partial charge in [0.25, 0.3) is 5.91 Å². The first-order chi connectivity index (χ1) is 16.8. The van der Waals surface area contributed by atoms with Crippen LogP contribution in [0.2, 0.25) is 0 Å². The lowest BCUT2D eigenvalue weighted by atomic mass is 9.85. The van der Waals surface area contributed by atoms with Crippen LogP contribution < -0.4 is 15.4 Å². The zero-order chi connectivity index (χ0) is 24.9. The van der Waals surface area contributed by atoms with Crippen molar-refractivity contribution in [1.29, 1.82) is 0 Å². The van der Waals surface area contributed by atoms with Crippen molar-refractivity contribution in [2.75, 3.05) is 46.2 Å². The molecule has 0 bridgehead atoms. The molecule has 0 spiro atoms. The Bertz CT molecular complexity index is 932. The van der Waals surface area contributed by atoms with Crippen LogP contribution in [0.25, 0.3) is 0 Å². The third-order valence-electron chi connectivity index (χ3n) is 7.27. The molecule has 0 radical (unpaired) electrons. The average molecular weight is 487 g/mol. The minimum Gasteiger partial charge on any atom is -0.490 e. The molecule has 2 aliphatic heterocycles. The van der Waals surface area contributed by atoms with Crippen LogP contribution in [0.4, 0.5) is 5.69 Å². The maximum absolute atomic E-state index is 13.3. The largest absolute Gasteiger partial charge is 0.490 e. The van der Waals surface area contributed by atoms with Crippen LogP contribution in [0.1, 0.15) is 55.3 Å². The first-order valence-corrected chi connectivity index (χ1v) is 12.7. The van der Waals surface area contributed by atoms with Gasteiger partial charge in [0, 0.05) is 25.2 Å². The smallest absolute Gasteiger partial charge is 0.257 e. The fraction of sp³-hybridized carbons (Fsp3) is 0.654. The number of anilines is 1. The number of nitrogens with one attached hydrogen (secondary N) is 2. The Balaban J connectivity index is 1.36. The normalized spacial score (nSPS) is 24.4. The number of ether oxygens (including phenoxy) is 2. The van der Waals surface area contributed by atoms with E-state index in [4.69, 9.17) is 9.47 Å². The van der Waals surface area contributed by atoms with E-state index in [9.17, 15) is 14.4 Å². The summed E-state index contributed by atoms with van der Waals surface area (Å²) in [5.74, 6) is 0.392. The van der Waals surface area contributed by atoms with Crippen LogP contribution in [-0.4, -0.2) is 86.6 Å². The van der Waals surface area contributed by atoms with Gasteiger partial charge in [-0.2, -0.15) is 0 Å². The highest BCUT2D eigenvalue weighted by Gasteiger charge is 2.39. The average Bonchev–Trinajstić information content (AvgIpc) is 2.78. The monoisotopic (exact) mass is 486 g/mol. The van der Waals surface area contributed by atoms with E-state index in [0.717, 1.165) is 38.6 Å². The number of hydrogen-bond acceptors (Lipinski definition) is 6. The molecule has 192 valence electrons. The van der Waals surface area contributed by atoms with Crippen molar-refractivity contribution in [2.45, 2.75) is 63.2 Å². The molecule has 1 saturated heterocycles.